The van der Waals surface area contributed by atoms with Crippen molar-refractivity contribution in [1.82, 2.24) is 15.2 Å². The summed E-state index contributed by atoms with van der Waals surface area (Å²) in [6.45, 7) is 5.66. The molecule has 2 N–H and O–H groups in total. The van der Waals surface area contributed by atoms with E-state index in [-0.39, 0.29) is 42.0 Å². The van der Waals surface area contributed by atoms with Crippen LogP contribution in [0.2, 0.25) is 0 Å². The third-order valence-electron chi connectivity index (χ3n) is 5.10. The summed E-state index contributed by atoms with van der Waals surface area (Å²) in [6, 6.07) is 10.5. The van der Waals surface area contributed by atoms with E-state index in [4.69, 9.17) is 4.74 Å². The average Bonchev–Trinajstić information content (AvgIpc) is 3.44. The molecule has 0 spiro atoms. The van der Waals surface area contributed by atoms with Crippen LogP contribution in [-0.2, 0) is 16.1 Å². The number of carbonyl (C=O) groups is 3. The zero-order valence-electron chi connectivity index (χ0n) is 18.8. The summed E-state index contributed by atoms with van der Waals surface area (Å²) in [6.07, 6.45) is 2.37. The van der Waals surface area contributed by atoms with Gasteiger partial charge in [0.2, 0.25) is 0 Å². The predicted molar refractivity (Wildman–Crippen MR) is 119 cm³/mol. The molecule has 1 aromatic carbocycles. The number of amides is 2. The number of aromatic nitrogens is 1. The second-order valence-corrected chi connectivity index (χ2v) is 9.01. The van der Waals surface area contributed by atoms with E-state index in [2.05, 4.69) is 10.6 Å². The largest absolute Gasteiger partial charge is 0.460 e. The molecule has 0 radical (unpaired) electrons. The van der Waals surface area contributed by atoms with Crippen molar-refractivity contribution in [2.24, 2.45) is 5.92 Å². The van der Waals surface area contributed by atoms with E-state index in [0.717, 1.165) is 5.56 Å². The second-order valence-electron chi connectivity index (χ2n) is 9.01. The van der Waals surface area contributed by atoms with E-state index in [1.54, 1.807) is 0 Å². The highest BCUT2D eigenvalue weighted by atomic mass is 16.6. The first kappa shape index (κ1) is 23.2. The summed E-state index contributed by atoms with van der Waals surface area (Å²) < 4.78 is 6.69. The van der Waals surface area contributed by atoms with Gasteiger partial charge in [0.1, 0.15) is 11.2 Å². The number of nitrogens with one attached hydrogen (secondary N) is 2. The van der Waals surface area contributed by atoms with E-state index >= 15 is 0 Å². The first-order chi connectivity index (χ1) is 15.1. The predicted octanol–water partition coefficient (Wildman–Crippen LogP) is 2.11. The van der Waals surface area contributed by atoms with Gasteiger partial charge in [-0.2, -0.15) is 0 Å². The van der Waals surface area contributed by atoms with Gasteiger partial charge in [-0.15, -0.1) is 0 Å². The zero-order valence-corrected chi connectivity index (χ0v) is 18.8. The van der Waals surface area contributed by atoms with Crippen molar-refractivity contribution in [3.63, 3.8) is 0 Å². The van der Waals surface area contributed by atoms with Gasteiger partial charge in [-0.1, -0.05) is 30.3 Å². The minimum atomic E-state index is -0.555. The van der Waals surface area contributed by atoms with Gasteiger partial charge in [0, 0.05) is 19.3 Å². The molecule has 0 bridgehead atoms. The van der Waals surface area contributed by atoms with Gasteiger partial charge in [0.05, 0.1) is 18.5 Å². The molecular formula is C24H29N3O5. The lowest BCUT2D eigenvalue weighted by Gasteiger charge is -2.19. The molecule has 3 rings (SSSR count). The summed E-state index contributed by atoms with van der Waals surface area (Å²) >= 11 is 0. The number of ether oxygens (including phenoxy) is 1. The maximum atomic E-state index is 12.9. The third-order valence-corrected chi connectivity index (χ3v) is 5.10. The number of benzene rings is 1. The maximum absolute atomic E-state index is 12.9. The molecule has 1 fully saturated rings. The van der Waals surface area contributed by atoms with Crippen LogP contribution in [0.1, 0.15) is 59.9 Å². The molecule has 1 aromatic heterocycles. The average molecular weight is 440 g/mol. The SMILES string of the molecule is CNC(=O)c1cc(C(=O)N[C@@H]2C[C@H]2CC(=O)OC(C)(C)C)cn(Cc2ccccc2)c1=O. The van der Waals surface area contributed by atoms with Gasteiger partial charge < -0.3 is 19.9 Å². The normalized spacial score (nSPS) is 17.4. The van der Waals surface area contributed by atoms with E-state index in [1.165, 1.54) is 23.9 Å². The number of rotatable bonds is 7. The van der Waals surface area contributed by atoms with Crippen LogP contribution >= 0.6 is 0 Å². The van der Waals surface area contributed by atoms with Crippen molar-refractivity contribution in [2.45, 2.75) is 51.8 Å². The van der Waals surface area contributed by atoms with Crippen LogP contribution in [0.15, 0.2) is 47.4 Å². The first-order valence-electron chi connectivity index (χ1n) is 10.6. The van der Waals surface area contributed by atoms with Crippen LogP contribution < -0.4 is 16.2 Å². The lowest BCUT2D eigenvalue weighted by atomic mass is 10.1. The molecule has 2 aromatic rings. The molecule has 2 amide bonds. The Morgan fingerprint density at radius 2 is 1.81 bits per heavy atom. The van der Waals surface area contributed by atoms with E-state index in [1.807, 2.05) is 51.1 Å². The summed E-state index contributed by atoms with van der Waals surface area (Å²) in [5.41, 5.74) is -0.0409. The molecule has 0 aliphatic heterocycles. The van der Waals surface area contributed by atoms with E-state index in [9.17, 15) is 19.2 Å². The number of hydrogen-bond acceptors (Lipinski definition) is 5. The first-order valence-corrected chi connectivity index (χ1v) is 10.6. The molecule has 1 aliphatic rings. The van der Waals surface area contributed by atoms with Crippen LogP contribution in [0.5, 0.6) is 0 Å². The Kier molecular flexibility index (Phi) is 6.81. The Bertz CT molecular complexity index is 1070. The Balaban J connectivity index is 1.74. The Morgan fingerprint density at radius 3 is 2.44 bits per heavy atom. The molecule has 0 saturated heterocycles. The zero-order chi connectivity index (χ0) is 23.5. The van der Waals surface area contributed by atoms with E-state index in [0.29, 0.717) is 6.42 Å². The standard InChI is InChI=1S/C24H29N3O5/c1-24(2,3)32-20(28)12-16-11-19(16)26-21(29)17-10-18(22(30)25-4)23(31)27(14-17)13-15-8-6-5-7-9-15/h5-10,14,16,19H,11-13H2,1-4H3,(H,25,30)(H,26,29)/t16-,19+/m0/s1. The van der Waals surface area contributed by atoms with Crippen LogP contribution in [0.25, 0.3) is 0 Å². The fourth-order valence-corrected chi connectivity index (χ4v) is 3.45. The highest BCUT2D eigenvalue weighted by Gasteiger charge is 2.40. The number of carbonyl (C=O) groups excluding carboxylic acids is 3. The van der Waals surface area contributed by atoms with Gasteiger partial charge in [0.15, 0.2) is 0 Å². The second kappa shape index (κ2) is 9.38. The minimum absolute atomic E-state index is 0.0161. The third kappa shape index (κ3) is 6.06. The molecule has 170 valence electrons. The number of esters is 1. The number of pyridine rings is 1. The summed E-state index contributed by atoms with van der Waals surface area (Å²) in [5, 5.41) is 5.33. The molecule has 1 heterocycles. The molecular weight excluding hydrogens is 410 g/mol. The highest BCUT2D eigenvalue weighted by Crippen LogP contribution is 2.34. The smallest absolute Gasteiger partial charge is 0.306 e. The lowest BCUT2D eigenvalue weighted by molar-refractivity contribution is -0.155. The summed E-state index contributed by atoms with van der Waals surface area (Å²) in [7, 11) is 1.43. The van der Waals surface area contributed by atoms with Crippen molar-refractivity contribution < 1.29 is 19.1 Å². The van der Waals surface area contributed by atoms with Crippen LogP contribution in [0, 0.1) is 5.92 Å². The highest BCUT2D eigenvalue weighted by molar-refractivity contribution is 5.99. The minimum Gasteiger partial charge on any atom is -0.460 e. The molecule has 32 heavy (non-hydrogen) atoms. The Hall–Kier alpha value is -3.42. The topological polar surface area (TPSA) is 106 Å². The van der Waals surface area contributed by atoms with Gasteiger partial charge in [-0.3, -0.25) is 19.2 Å². The Labute approximate surface area is 187 Å². The quantitative estimate of drug-likeness (QED) is 0.643. The van der Waals surface area contributed by atoms with Gasteiger partial charge in [0.25, 0.3) is 17.4 Å². The van der Waals surface area contributed by atoms with Crippen molar-refractivity contribution in [3.8, 4) is 0 Å². The van der Waals surface area contributed by atoms with E-state index < -0.39 is 23.0 Å². The maximum Gasteiger partial charge on any atom is 0.306 e. The molecule has 1 saturated carbocycles. The van der Waals surface area contributed by atoms with Gasteiger partial charge >= 0.3 is 5.97 Å². The monoisotopic (exact) mass is 439 g/mol. The molecule has 2 atom stereocenters. The molecule has 8 heteroatoms. The van der Waals surface area contributed by atoms with Crippen molar-refractivity contribution >= 4 is 17.8 Å². The van der Waals surface area contributed by atoms with Crippen molar-refractivity contribution in [2.75, 3.05) is 7.05 Å². The van der Waals surface area contributed by atoms with Crippen LogP contribution in [-0.4, -0.2) is 41.0 Å². The van der Waals surface area contributed by atoms with Crippen LogP contribution in [0.3, 0.4) is 0 Å². The molecule has 0 unspecified atom stereocenters. The van der Waals surface area contributed by atoms with Crippen molar-refractivity contribution in [1.29, 1.82) is 0 Å². The Morgan fingerprint density at radius 1 is 1.12 bits per heavy atom. The van der Waals surface area contributed by atoms with Crippen LogP contribution in [0.4, 0.5) is 0 Å². The number of hydrogen-bond donors (Lipinski definition) is 2. The van der Waals surface area contributed by atoms with Crippen molar-refractivity contribution in [3.05, 3.63) is 69.6 Å². The molecule has 1 aliphatic carbocycles. The number of nitrogens with zero attached hydrogens (tertiary/aromatic N) is 1. The fourth-order valence-electron chi connectivity index (χ4n) is 3.45. The summed E-state index contributed by atoms with van der Waals surface area (Å²) in [4.78, 5) is 49.9. The van der Waals surface area contributed by atoms with Gasteiger partial charge in [-0.05, 0) is 44.7 Å². The summed E-state index contributed by atoms with van der Waals surface area (Å²) in [5.74, 6) is -1.23. The lowest BCUT2D eigenvalue weighted by Crippen LogP contribution is -2.34. The fraction of sp³-hybridized carbons (Fsp3) is 0.417. The van der Waals surface area contributed by atoms with Gasteiger partial charge in [-0.25, -0.2) is 0 Å². The molecule has 8 nitrogen and oxygen atoms in total.